The van der Waals surface area contributed by atoms with Crippen LogP contribution < -0.4 is 19.7 Å². The summed E-state index contributed by atoms with van der Waals surface area (Å²) in [5, 5.41) is 3.07. The van der Waals surface area contributed by atoms with Gasteiger partial charge < -0.3 is 29.0 Å². The van der Waals surface area contributed by atoms with E-state index in [1.807, 2.05) is 19.1 Å². The molecule has 2 aliphatic heterocycles. The molecule has 0 unspecified atom stereocenters. The molecular weight excluding hydrogens is 418 g/mol. The summed E-state index contributed by atoms with van der Waals surface area (Å²) in [7, 11) is 0. The molecule has 3 heterocycles. The fourth-order valence-electron chi connectivity index (χ4n) is 4.78. The quantitative estimate of drug-likeness (QED) is 0.633. The smallest absolute Gasteiger partial charge is 0.272 e. The maximum atomic E-state index is 13.6. The SMILES string of the molecule is Cc1cccc(Cn2c(C)c(N3CCOCC3)c(C)c2C(=O)Nc2ccc3c(c2)OCO3)c1. The second-order valence-electron chi connectivity index (χ2n) is 8.60. The third kappa shape index (κ3) is 4.16. The first kappa shape index (κ1) is 21.4. The third-order valence-electron chi connectivity index (χ3n) is 6.32. The summed E-state index contributed by atoms with van der Waals surface area (Å²) in [6.45, 7) is 10.1. The van der Waals surface area contributed by atoms with Crippen molar-refractivity contribution in [2.45, 2.75) is 27.3 Å². The predicted octanol–water partition coefficient (Wildman–Crippen LogP) is 4.28. The van der Waals surface area contributed by atoms with E-state index >= 15 is 0 Å². The van der Waals surface area contributed by atoms with Gasteiger partial charge in [0, 0.05) is 42.6 Å². The fraction of sp³-hybridized carbons (Fsp3) is 0.346. The van der Waals surface area contributed by atoms with Crippen LogP contribution in [0.5, 0.6) is 11.5 Å². The van der Waals surface area contributed by atoms with Crippen LogP contribution in [0.4, 0.5) is 11.4 Å². The Morgan fingerprint density at radius 3 is 2.58 bits per heavy atom. The average molecular weight is 448 g/mol. The molecule has 0 atom stereocenters. The zero-order valence-corrected chi connectivity index (χ0v) is 19.3. The number of ether oxygens (including phenoxy) is 3. The van der Waals surface area contributed by atoms with Crippen molar-refractivity contribution in [3.63, 3.8) is 0 Å². The average Bonchev–Trinajstić information content (AvgIpc) is 3.36. The first-order valence-electron chi connectivity index (χ1n) is 11.3. The standard InChI is InChI=1S/C26H29N3O4/c1-17-5-4-6-20(13-17)15-29-19(3)24(28-9-11-31-12-10-28)18(2)25(29)26(30)27-21-7-8-22-23(14-21)33-16-32-22/h4-8,13-14H,9-12,15-16H2,1-3H3,(H,27,30). The first-order valence-corrected chi connectivity index (χ1v) is 11.3. The molecule has 2 aromatic carbocycles. The van der Waals surface area contributed by atoms with E-state index in [1.165, 1.54) is 11.1 Å². The van der Waals surface area contributed by atoms with Crippen molar-refractivity contribution in [2.75, 3.05) is 43.3 Å². The van der Waals surface area contributed by atoms with Crippen LogP contribution in [0.1, 0.15) is 32.9 Å². The Bertz CT molecular complexity index is 1190. The molecule has 0 saturated carbocycles. The minimum atomic E-state index is -0.137. The lowest BCUT2D eigenvalue weighted by Crippen LogP contribution is -2.36. The van der Waals surface area contributed by atoms with Gasteiger partial charge >= 0.3 is 0 Å². The van der Waals surface area contributed by atoms with E-state index < -0.39 is 0 Å². The van der Waals surface area contributed by atoms with Crippen LogP contribution >= 0.6 is 0 Å². The molecule has 7 heteroatoms. The molecule has 172 valence electrons. The number of nitrogens with one attached hydrogen (secondary N) is 1. The van der Waals surface area contributed by atoms with Crippen LogP contribution in [0.25, 0.3) is 0 Å². The molecule has 0 aliphatic carbocycles. The van der Waals surface area contributed by atoms with Gasteiger partial charge in [-0.25, -0.2) is 0 Å². The zero-order chi connectivity index (χ0) is 22.9. The monoisotopic (exact) mass is 447 g/mol. The molecule has 1 N–H and O–H groups in total. The van der Waals surface area contributed by atoms with Crippen molar-refractivity contribution in [3.05, 3.63) is 70.5 Å². The van der Waals surface area contributed by atoms with Gasteiger partial charge in [-0.05, 0) is 38.5 Å². The maximum absolute atomic E-state index is 13.6. The van der Waals surface area contributed by atoms with Crippen molar-refractivity contribution >= 4 is 17.3 Å². The molecule has 0 radical (unpaired) electrons. The molecule has 0 bridgehead atoms. The molecule has 1 saturated heterocycles. The molecule has 2 aliphatic rings. The summed E-state index contributed by atoms with van der Waals surface area (Å²) in [5.74, 6) is 1.20. The maximum Gasteiger partial charge on any atom is 0.272 e. The number of aromatic nitrogens is 1. The van der Waals surface area contributed by atoms with E-state index in [1.54, 1.807) is 6.07 Å². The molecule has 7 nitrogen and oxygen atoms in total. The van der Waals surface area contributed by atoms with E-state index in [-0.39, 0.29) is 12.7 Å². The highest BCUT2D eigenvalue weighted by atomic mass is 16.7. The highest BCUT2D eigenvalue weighted by Crippen LogP contribution is 2.36. The number of nitrogens with zero attached hydrogens (tertiary/aromatic N) is 2. The lowest BCUT2D eigenvalue weighted by Gasteiger charge is -2.29. The van der Waals surface area contributed by atoms with Gasteiger partial charge in [-0.2, -0.15) is 0 Å². The highest BCUT2D eigenvalue weighted by molar-refractivity contribution is 6.05. The Morgan fingerprint density at radius 2 is 1.79 bits per heavy atom. The number of amides is 1. The number of hydrogen-bond acceptors (Lipinski definition) is 5. The molecule has 5 rings (SSSR count). The number of carbonyl (C=O) groups is 1. The summed E-state index contributed by atoms with van der Waals surface area (Å²) < 4.78 is 18.6. The number of rotatable bonds is 5. The van der Waals surface area contributed by atoms with Gasteiger partial charge in [0.1, 0.15) is 5.69 Å². The normalized spacial score (nSPS) is 15.1. The number of hydrogen-bond donors (Lipinski definition) is 1. The van der Waals surface area contributed by atoms with Gasteiger partial charge in [-0.3, -0.25) is 4.79 Å². The fourth-order valence-corrected chi connectivity index (χ4v) is 4.78. The topological polar surface area (TPSA) is 65.0 Å². The largest absolute Gasteiger partial charge is 0.454 e. The summed E-state index contributed by atoms with van der Waals surface area (Å²) in [4.78, 5) is 15.9. The van der Waals surface area contributed by atoms with Crippen molar-refractivity contribution < 1.29 is 19.0 Å². The van der Waals surface area contributed by atoms with Crippen LogP contribution in [0.3, 0.4) is 0 Å². The Hall–Kier alpha value is -3.45. The van der Waals surface area contributed by atoms with Gasteiger partial charge in [-0.15, -0.1) is 0 Å². The molecule has 0 spiro atoms. The minimum Gasteiger partial charge on any atom is -0.454 e. The number of morpholine rings is 1. The van der Waals surface area contributed by atoms with E-state index in [4.69, 9.17) is 14.2 Å². The predicted molar refractivity (Wildman–Crippen MR) is 128 cm³/mol. The second-order valence-corrected chi connectivity index (χ2v) is 8.60. The van der Waals surface area contributed by atoms with Crippen LogP contribution in [-0.2, 0) is 11.3 Å². The van der Waals surface area contributed by atoms with Gasteiger partial charge in [0.15, 0.2) is 11.5 Å². The number of benzene rings is 2. The molecule has 1 amide bonds. The van der Waals surface area contributed by atoms with Crippen LogP contribution in [0.15, 0.2) is 42.5 Å². The molecule has 33 heavy (non-hydrogen) atoms. The van der Waals surface area contributed by atoms with E-state index in [0.29, 0.717) is 42.6 Å². The van der Waals surface area contributed by atoms with E-state index in [9.17, 15) is 4.79 Å². The summed E-state index contributed by atoms with van der Waals surface area (Å²) in [5.41, 5.74) is 6.92. The van der Waals surface area contributed by atoms with Gasteiger partial charge in [0.05, 0.1) is 18.9 Å². The van der Waals surface area contributed by atoms with Gasteiger partial charge in [0.25, 0.3) is 5.91 Å². The lowest BCUT2D eigenvalue weighted by atomic mass is 10.1. The van der Waals surface area contributed by atoms with Crippen molar-refractivity contribution in [2.24, 2.45) is 0 Å². The summed E-state index contributed by atoms with van der Waals surface area (Å²) in [6.07, 6.45) is 0. The van der Waals surface area contributed by atoms with Crippen molar-refractivity contribution in [1.82, 2.24) is 4.57 Å². The number of anilines is 2. The first-order chi connectivity index (χ1) is 16.0. The van der Waals surface area contributed by atoms with Gasteiger partial charge in [0.2, 0.25) is 6.79 Å². The Kier molecular flexibility index (Phi) is 5.72. The lowest BCUT2D eigenvalue weighted by molar-refractivity contribution is 0.101. The van der Waals surface area contributed by atoms with Crippen LogP contribution in [0, 0.1) is 20.8 Å². The molecular formula is C26H29N3O4. The molecule has 1 aromatic heterocycles. The van der Waals surface area contributed by atoms with Crippen LogP contribution in [0.2, 0.25) is 0 Å². The van der Waals surface area contributed by atoms with Crippen LogP contribution in [-0.4, -0.2) is 43.6 Å². The zero-order valence-electron chi connectivity index (χ0n) is 19.3. The number of fused-ring (bicyclic) bond motifs is 1. The third-order valence-corrected chi connectivity index (χ3v) is 6.32. The summed E-state index contributed by atoms with van der Waals surface area (Å²) >= 11 is 0. The Balaban J connectivity index is 1.53. The second kappa shape index (κ2) is 8.83. The molecule has 3 aromatic rings. The highest BCUT2D eigenvalue weighted by Gasteiger charge is 2.27. The van der Waals surface area contributed by atoms with Crippen molar-refractivity contribution in [1.29, 1.82) is 0 Å². The number of aryl methyl sites for hydroxylation is 1. The van der Waals surface area contributed by atoms with Crippen molar-refractivity contribution in [3.8, 4) is 11.5 Å². The Morgan fingerprint density at radius 1 is 1.00 bits per heavy atom. The van der Waals surface area contributed by atoms with Gasteiger partial charge in [-0.1, -0.05) is 29.8 Å². The van der Waals surface area contributed by atoms with E-state index in [0.717, 1.165) is 30.0 Å². The minimum absolute atomic E-state index is 0.137. The van der Waals surface area contributed by atoms with E-state index in [2.05, 4.69) is 52.9 Å². The molecule has 1 fully saturated rings. The number of carbonyl (C=O) groups excluding carboxylic acids is 1. The Labute approximate surface area is 193 Å². The summed E-state index contributed by atoms with van der Waals surface area (Å²) in [6, 6.07) is 13.9.